The molecule has 0 N–H and O–H groups in total. The van der Waals surface area contributed by atoms with E-state index in [-0.39, 0.29) is 23.7 Å². The summed E-state index contributed by atoms with van der Waals surface area (Å²) in [7, 11) is 0. The number of amidine groups is 1. The minimum atomic E-state index is -0.108. The number of hydrogen-bond acceptors (Lipinski definition) is 2. The third kappa shape index (κ3) is 4.69. The number of allylic oxidation sites excluding steroid dienone is 2. The van der Waals surface area contributed by atoms with E-state index < -0.39 is 0 Å². The van der Waals surface area contributed by atoms with Gasteiger partial charge in [0.15, 0.2) is 0 Å². The van der Waals surface area contributed by atoms with Crippen LogP contribution < -0.4 is 8.15 Å². The average Bonchev–Trinajstić information content (AvgIpc) is 2.97. The molecule has 2 radical (unpaired) electrons. The van der Waals surface area contributed by atoms with Crippen LogP contribution in [0.25, 0.3) is 0 Å². The van der Waals surface area contributed by atoms with Crippen LogP contribution in [0.2, 0.25) is 0 Å². The second-order valence-electron chi connectivity index (χ2n) is 4.84. The number of hydrogen-bond donors (Lipinski definition) is 0. The molecule has 0 bridgehead atoms. The van der Waals surface area contributed by atoms with Gasteiger partial charge in [-0.15, -0.1) is 0 Å². The van der Waals surface area contributed by atoms with Crippen molar-refractivity contribution in [1.29, 1.82) is 0 Å². The molecule has 1 unspecified atom stereocenters. The van der Waals surface area contributed by atoms with Crippen LogP contribution in [-0.2, 0) is 17.7 Å². The Hall–Kier alpha value is -2.09. The second-order valence-corrected chi connectivity index (χ2v) is 8.20. The van der Waals surface area contributed by atoms with E-state index >= 15 is 0 Å². The van der Waals surface area contributed by atoms with Gasteiger partial charge in [0, 0.05) is 6.92 Å². The van der Waals surface area contributed by atoms with Gasteiger partial charge in [-0.05, 0) is 6.08 Å². The number of benzene rings is 2. The van der Waals surface area contributed by atoms with Crippen LogP contribution in [0.5, 0.6) is 0 Å². The Labute approximate surface area is 145 Å². The topological polar surface area (TPSA) is 24.7 Å². The molecule has 0 aromatic heterocycles. The summed E-state index contributed by atoms with van der Waals surface area (Å²) in [5.41, 5.74) is 0.944. The Bertz CT molecular complexity index is 721. The predicted octanol–water partition coefficient (Wildman–Crippen LogP) is 2.77. The van der Waals surface area contributed by atoms with E-state index in [1.54, 1.807) is 0 Å². The van der Waals surface area contributed by atoms with Gasteiger partial charge in [-0.2, -0.15) is 0 Å². The van der Waals surface area contributed by atoms with Gasteiger partial charge in [0.25, 0.3) is 0 Å². The fourth-order valence-corrected chi connectivity index (χ4v) is 4.59. The zero-order valence-corrected chi connectivity index (χ0v) is 14.9. The molecule has 0 spiro atoms. The third-order valence-corrected chi connectivity index (χ3v) is 6.10. The van der Waals surface area contributed by atoms with Crippen LogP contribution >= 0.6 is 0 Å². The van der Waals surface area contributed by atoms with Crippen molar-refractivity contribution >= 4 is 19.7 Å². The SMILES string of the molecule is [CH]C1=NC2C=CC=CC2=N1.c1cc[c]([Ir][c]2ccccc2)cc1. The monoisotopic (exact) mass is 477 g/mol. The molecule has 1 heterocycles. The second kappa shape index (κ2) is 7.96. The predicted molar refractivity (Wildman–Crippen MR) is 93.4 cm³/mol. The standard InChI is InChI=1S/C8H6N2.2C6H5.Ir/c1-6-9-7-4-2-3-5-8(7)10-6;2*1-2-4-6-5-3-1;/h1-5,7H;2*1-5H;. The van der Waals surface area contributed by atoms with Crippen molar-refractivity contribution in [3.05, 3.63) is 91.9 Å². The summed E-state index contributed by atoms with van der Waals surface area (Å²) >= 11 is -0.108. The summed E-state index contributed by atoms with van der Waals surface area (Å²) < 4.78 is 2.99. The first-order chi connectivity index (χ1) is 11.3. The molecule has 2 aromatic carbocycles. The molecule has 4 rings (SSSR count). The summed E-state index contributed by atoms with van der Waals surface area (Å²) in [5, 5.41) is 0. The molecule has 2 aliphatic rings. The Balaban J connectivity index is 0.000000140. The number of nitrogens with zero attached hydrogens (tertiary/aromatic N) is 2. The van der Waals surface area contributed by atoms with Crippen LogP contribution in [0, 0.1) is 6.92 Å². The first kappa shape index (κ1) is 15.8. The van der Waals surface area contributed by atoms with Crippen molar-refractivity contribution in [3.8, 4) is 0 Å². The Morgan fingerprint density at radius 1 is 0.826 bits per heavy atom. The molecule has 1 aliphatic carbocycles. The fraction of sp³-hybridized carbons (Fsp3) is 0.0500. The Morgan fingerprint density at radius 3 is 2.00 bits per heavy atom. The van der Waals surface area contributed by atoms with Crippen LogP contribution in [0.1, 0.15) is 0 Å². The van der Waals surface area contributed by atoms with Gasteiger partial charge >= 0.3 is 86.5 Å². The summed E-state index contributed by atoms with van der Waals surface area (Å²) in [6.07, 6.45) is 7.78. The molecule has 115 valence electrons. The van der Waals surface area contributed by atoms with E-state index in [2.05, 4.69) is 70.6 Å². The van der Waals surface area contributed by atoms with E-state index in [1.807, 2.05) is 24.3 Å². The van der Waals surface area contributed by atoms with Gasteiger partial charge in [-0.1, -0.05) is 18.2 Å². The summed E-state index contributed by atoms with van der Waals surface area (Å²) in [4.78, 5) is 8.08. The van der Waals surface area contributed by atoms with E-state index in [0.717, 1.165) is 5.71 Å². The molecule has 0 amide bonds. The van der Waals surface area contributed by atoms with Crippen molar-refractivity contribution in [3.63, 3.8) is 0 Å². The number of fused-ring (bicyclic) bond motifs is 1. The van der Waals surface area contributed by atoms with Crippen molar-refractivity contribution in [2.75, 3.05) is 0 Å². The molecule has 23 heavy (non-hydrogen) atoms. The third-order valence-electron chi connectivity index (χ3n) is 3.12. The average molecular weight is 477 g/mol. The molecule has 1 atom stereocenters. The maximum absolute atomic E-state index is 5.39. The van der Waals surface area contributed by atoms with Gasteiger partial charge < -0.3 is 0 Å². The molecule has 1 aliphatic heterocycles. The molecule has 0 fully saturated rings. The van der Waals surface area contributed by atoms with Crippen molar-refractivity contribution in [1.82, 2.24) is 0 Å². The molecular weight excluding hydrogens is 460 g/mol. The minimum absolute atomic E-state index is 0.0880. The quantitative estimate of drug-likeness (QED) is 0.637. The van der Waals surface area contributed by atoms with Crippen LogP contribution in [0.4, 0.5) is 0 Å². The Kier molecular flexibility index (Phi) is 5.46. The summed E-state index contributed by atoms with van der Waals surface area (Å²) in [6.45, 7) is 5.39. The van der Waals surface area contributed by atoms with Crippen molar-refractivity contribution in [2.24, 2.45) is 9.98 Å². The van der Waals surface area contributed by atoms with Gasteiger partial charge in [0.2, 0.25) is 0 Å². The maximum atomic E-state index is 5.39. The molecule has 3 heteroatoms. The normalized spacial score (nSPS) is 17.9. The van der Waals surface area contributed by atoms with E-state index in [4.69, 9.17) is 6.92 Å². The van der Waals surface area contributed by atoms with Gasteiger partial charge in [0.05, 0.1) is 5.71 Å². The zero-order chi connectivity index (χ0) is 15.9. The van der Waals surface area contributed by atoms with Crippen molar-refractivity contribution in [2.45, 2.75) is 6.04 Å². The first-order valence-electron chi connectivity index (χ1n) is 7.28. The molecular formula is C20H16IrN2. The summed E-state index contributed by atoms with van der Waals surface area (Å²) in [5.74, 6) is 0.385. The van der Waals surface area contributed by atoms with Crippen LogP contribution in [0.3, 0.4) is 0 Å². The first-order valence-corrected chi connectivity index (χ1v) is 9.68. The molecule has 0 saturated carbocycles. The molecule has 2 aromatic rings. The van der Waals surface area contributed by atoms with Crippen LogP contribution in [0.15, 0.2) is 95.0 Å². The van der Waals surface area contributed by atoms with E-state index in [9.17, 15) is 0 Å². The van der Waals surface area contributed by atoms with E-state index in [1.165, 1.54) is 8.15 Å². The fourth-order valence-electron chi connectivity index (χ4n) is 2.07. The van der Waals surface area contributed by atoms with Gasteiger partial charge in [0.1, 0.15) is 11.9 Å². The number of rotatable bonds is 2. The molecule has 2 nitrogen and oxygen atoms in total. The Morgan fingerprint density at radius 2 is 1.43 bits per heavy atom. The molecule has 0 saturated heterocycles. The van der Waals surface area contributed by atoms with Crippen LogP contribution in [-0.4, -0.2) is 17.6 Å². The summed E-state index contributed by atoms with van der Waals surface area (Å²) in [6, 6.07) is 21.5. The van der Waals surface area contributed by atoms with Gasteiger partial charge in [-0.3, -0.25) is 4.99 Å². The number of aliphatic imine (C=N–C) groups is 2. The zero-order valence-electron chi connectivity index (χ0n) is 12.5. The van der Waals surface area contributed by atoms with Gasteiger partial charge in [-0.25, -0.2) is 4.99 Å². The van der Waals surface area contributed by atoms with E-state index in [0.29, 0.717) is 5.84 Å². The van der Waals surface area contributed by atoms with Crippen molar-refractivity contribution < 1.29 is 17.7 Å².